The number of amides is 1. The molecular formula is C55H106N2O6P+. The summed E-state index contributed by atoms with van der Waals surface area (Å²) in [5.74, 6) is -0.187. The summed E-state index contributed by atoms with van der Waals surface area (Å²) < 4.78 is 23.5. The van der Waals surface area contributed by atoms with Crippen LogP contribution in [-0.2, 0) is 18.4 Å². The fourth-order valence-corrected chi connectivity index (χ4v) is 8.47. The largest absolute Gasteiger partial charge is 0.472 e. The molecule has 0 fully saturated rings. The number of nitrogens with one attached hydrogen (secondary N) is 1. The molecule has 3 atom stereocenters. The first-order valence-electron chi connectivity index (χ1n) is 27.0. The second-order valence-electron chi connectivity index (χ2n) is 19.6. The van der Waals surface area contributed by atoms with Crippen LogP contribution >= 0.6 is 7.82 Å². The van der Waals surface area contributed by atoms with Crippen molar-refractivity contribution in [3.8, 4) is 0 Å². The quantitative estimate of drug-likeness (QED) is 0.0243. The van der Waals surface area contributed by atoms with E-state index in [0.29, 0.717) is 17.4 Å². The van der Waals surface area contributed by atoms with E-state index in [2.05, 4.69) is 55.6 Å². The Labute approximate surface area is 397 Å². The minimum Gasteiger partial charge on any atom is -0.387 e. The third-order valence-corrected chi connectivity index (χ3v) is 13.0. The van der Waals surface area contributed by atoms with Gasteiger partial charge in [-0.25, -0.2) is 4.57 Å². The molecular weight excluding hydrogens is 816 g/mol. The van der Waals surface area contributed by atoms with Gasteiger partial charge in [-0.2, -0.15) is 0 Å². The molecule has 0 aliphatic heterocycles. The predicted molar refractivity (Wildman–Crippen MR) is 277 cm³/mol. The number of carbonyl (C=O) groups is 1. The Morgan fingerprint density at radius 2 is 0.906 bits per heavy atom. The molecule has 1 amide bonds. The van der Waals surface area contributed by atoms with Crippen LogP contribution in [0.1, 0.15) is 245 Å². The summed E-state index contributed by atoms with van der Waals surface area (Å²) in [6.07, 6.45) is 61.0. The lowest BCUT2D eigenvalue weighted by Gasteiger charge is -2.25. The number of hydrogen-bond acceptors (Lipinski definition) is 5. The number of allylic oxidation sites excluding steroid dienone is 7. The van der Waals surface area contributed by atoms with Gasteiger partial charge >= 0.3 is 7.82 Å². The van der Waals surface area contributed by atoms with Crippen LogP contribution in [0, 0.1) is 0 Å². The van der Waals surface area contributed by atoms with Crippen molar-refractivity contribution in [2.24, 2.45) is 0 Å². The van der Waals surface area contributed by atoms with Crippen molar-refractivity contribution in [3.63, 3.8) is 0 Å². The van der Waals surface area contributed by atoms with Crippen molar-refractivity contribution in [1.29, 1.82) is 0 Å². The number of phosphoric acid groups is 1. The van der Waals surface area contributed by atoms with Crippen molar-refractivity contribution >= 4 is 13.7 Å². The average molecular weight is 922 g/mol. The van der Waals surface area contributed by atoms with Crippen LogP contribution in [0.2, 0.25) is 0 Å². The zero-order chi connectivity index (χ0) is 47.1. The zero-order valence-corrected chi connectivity index (χ0v) is 43.7. The Kier molecular flexibility index (Phi) is 45.4. The summed E-state index contributed by atoms with van der Waals surface area (Å²) in [6, 6.07) is -0.860. The van der Waals surface area contributed by atoms with Gasteiger partial charge in [0.25, 0.3) is 0 Å². The molecule has 0 rings (SSSR count). The van der Waals surface area contributed by atoms with Gasteiger partial charge in [0.1, 0.15) is 13.2 Å². The van der Waals surface area contributed by atoms with Gasteiger partial charge < -0.3 is 19.8 Å². The molecule has 0 radical (unpaired) electrons. The van der Waals surface area contributed by atoms with Crippen LogP contribution in [0.25, 0.3) is 0 Å². The van der Waals surface area contributed by atoms with E-state index in [1.54, 1.807) is 6.08 Å². The van der Waals surface area contributed by atoms with Crippen molar-refractivity contribution in [1.82, 2.24) is 5.32 Å². The molecule has 64 heavy (non-hydrogen) atoms. The highest BCUT2D eigenvalue weighted by Gasteiger charge is 2.27. The molecule has 9 heteroatoms. The molecule has 0 spiro atoms. The van der Waals surface area contributed by atoms with Crippen molar-refractivity contribution in [3.05, 3.63) is 48.6 Å². The van der Waals surface area contributed by atoms with E-state index in [4.69, 9.17) is 9.05 Å². The van der Waals surface area contributed by atoms with Crippen LogP contribution in [0.4, 0.5) is 0 Å². The maximum atomic E-state index is 12.9. The van der Waals surface area contributed by atoms with Crippen LogP contribution in [0.5, 0.6) is 0 Å². The summed E-state index contributed by atoms with van der Waals surface area (Å²) >= 11 is 0. The SMILES string of the molecule is CCCCC/C=C/CC/C=C/C(O)C(COP(=O)(O)OCC[N+](C)(C)C)NC(=O)CCCCCCCCCCCCCCCCCCCCCCC/C=C\C/C=C\CCCCCCC. The molecule has 3 unspecified atom stereocenters. The predicted octanol–water partition coefficient (Wildman–Crippen LogP) is 16.0. The lowest BCUT2D eigenvalue weighted by molar-refractivity contribution is -0.870. The lowest BCUT2D eigenvalue weighted by Crippen LogP contribution is -2.45. The Hall–Kier alpha value is -1.54. The number of nitrogens with zero attached hydrogens (tertiary/aromatic N) is 1. The highest BCUT2D eigenvalue weighted by Crippen LogP contribution is 2.43. The van der Waals surface area contributed by atoms with E-state index in [-0.39, 0.29) is 19.1 Å². The van der Waals surface area contributed by atoms with E-state index < -0.39 is 20.0 Å². The van der Waals surface area contributed by atoms with Crippen LogP contribution in [0.3, 0.4) is 0 Å². The van der Waals surface area contributed by atoms with Gasteiger partial charge in [0, 0.05) is 6.42 Å². The molecule has 0 heterocycles. The molecule has 0 aromatic carbocycles. The standard InChI is InChI=1S/C55H105N2O6P/c1-6-8-10-12-14-16-17-18-19-20-21-22-23-24-25-26-27-28-29-30-31-32-33-34-35-36-37-38-39-41-43-45-47-49-55(59)56-53(52-63-64(60,61)62-51-50-57(3,4)5)54(58)48-46-44-42-40-15-13-11-9-7-2/h15,17-18,20-21,40,46,48,53-54,58H,6-14,16,19,22-39,41-45,47,49-52H2,1-5H3,(H-,56,59,60,61)/p+1/b18-17-,21-20-,40-15+,48-46+. The zero-order valence-electron chi connectivity index (χ0n) is 42.8. The van der Waals surface area contributed by atoms with E-state index in [1.165, 1.54) is 180 Å². The number of aliphatic hydroxyl groups excluding tert-OH is 1. The fourth-order valence-electron chi connectivity index (χ4n) is 7.74. The summed E-state index contributed by atoms with van der Waals surface area (Å²) in [5.41, 5.74) is 0. The Morgan fingerprint density at radius 3 is 1.38 bits per heavy atom. The minimum absolute atomic E-state index is 0.0562. The third kappa shape index (κ3) is 48.4. The topological polar surface area (TPSA) is 105 Å². The number of unbranched alkanes of at least 4 members (excludes halogenated alkanes) is 30. The lowest BCUT2D eigenvalue weighted by atomic mass is 10.0. The highest BCUT2D eigenvalue weighted by atomic mass is 31.2. The molecule has 8 nitrogen and oxygen atoms in total. The molecule has 0 saturated heterocycles. The third-order valence-electron chi connectivity index (χ3n) is 12.0. The van der Waals surface area contributed by atoms with Crippen LogP contribution < -0.4 is 5.32 Å². The number of carbonyl (C=O) groups excluding carboxylic acids is 1. The Bertz CT molecular complexity index is 1180. The summed E-state index contributed by atoms with van der Waals surface area (Å²) in [5, 5.41) is 13.8. The minimum atomic E-state index is -4.34. The van der Waals surface area contributed by atoms with Gasteiger partial charge in [-0.3, -0.25) is 13.8 Å². The monoisotopic (exact) mass is 922 g/mol. The Balaban J connectivity index is 3.93. The number of phosphoric ester groups is 1. The molecule has 0 aromatic rings. The summed E-state index contributed by atoms with van der Waals surface area (Å²) in [4.78, 5) is 23.1. The molecule has 0 bridgehead atoms. The number of rotatable bonds is 49. The van der Waals surface area contributed by atoms with Gasteiger partial charge in [-0.1, -0.05) is 223 Å². The first kappa shape index (κ1) is 62.5. The smallest absolute Gasteiger partial charge is 0.387 e. The fraction of sp³-hybridized carbons (Fsp3) is 0.836. The van der Waals surface area contributed by atoms with Gasteiger partial charge in [0.15, 0.2) is 0 Å². The van der Waals surface area contributed by atoms with Gasteiger partial charge in [0.05, 0.1) is 39.9 Å². The maximum absolute atomic E-state index is 12.9. The molecule has 0 saturated carbocycles. The van der Waals surface area contributed by atoms with Crippen LogP contribution in [0.15, 0.2) is 48.6 Å². The molecule has 376 valence electrons. The highest BCUT2D eigenvalue weighted by molar-refractivity contribution is 7.47. The van der Waals surface area contributed by atoms with Gasteiger partial charge in [0.2, 0.25) is 5.91 Å². The first-order valence-corrected chi connectivity index (χ1v) is 28.5. The Morgan fingerprint density at radius 1 is 0.531 bits per heavy atom. The second-order valence-corrected chi connectivity index (χ2v) is 21.0. The van der Waals surface area contributed by atoms with E-state index in [1.807, 2.05) is 27.2 Å². The van der Waals surface area contributed by atoms with Crippen LogP contribution in [-0.4, -0.2) is 73.4 Å². The number of aliphatic hydroxyl groups is 1. The van der Waals surface area contributed by atoms with Crippen molar-refractivity contribution < 1.29 is 32.9 Å². The van der Waals surface area contributed by atoms with Crippen molar-refractivity contribution in [2.45, 2.75) is 257 Å². The molecule has 0 aromatic heterocycles. The number of hydrogen-bond donors (Lipinski definition) is 3. The van der Waals surface area contributed by atoms with Gasteiger partial charge in [-0.05, 0) is 64.2 Å². The van der Waals surface area contributed by atoms with Gasteiger partial charge in [-0.15, -0.1) is 0 Å². The van der Waals surface area contributed by atoms with E-state index >= 15 is 0 Å². The summed E-state index contributed by atoms with van der Waals surface area (Å²) in [7, 11) is 1.56. The molecule has 0 aliphatic rings. The second kappa shape index (κ2) is 46.6. The number of quaternary nitrogens is 1. The molecule has 0 aliphatic carbocycles. The van der Waals surface area contributed by atoms with E-state index in [0.717, 1.165) is 44.9 Å². The molecule has 3 N–H and O–H groups in total. The maximum Gasteiger partial charge on any atom is 0.472 e. The first-order chi connectivity index (χ1) is 31.0. The number of likely N-dealkylation sites (N-methyl/N-ethyl adjacent to an activating group) is 1. The average Bonchev–Trinajstić information content (AvgIpc) is 3.25. The van der Waals surface area contributed by atoms with Crippen molar-refractivity contribution in [2.75, 3.05) is 40.9 Å². The van der Waals surface area contributed by atoms with E-state index in [9.17, 15) is 19.4 Å². The summed E-state index contributed by atoms with van der Waals surface area (Å²) in [6.45, 7) is 4.74. The normalized spacial score (nSPS) is 14.4.